The first kappa shape index (κ1) is 16.4. The summed E-state index contributed by atoms with van der Waals surface area (Å²) in [5.74, 6) is -1.21. The summed E-state index contributed by atoms with van der Waals surface area (Å²) in [5, 5.41) is 12.2. The summed E-state index contributed by atoms with van der Waals surface area (Å²) in [6.07, 6.45) is 1.76. The monoisotopic (exact) mass is 377 g/mol. The summed E-state index contributed by atoms with van der Waals surface area (Å²) in [4.78, 5) is 29.2. The lowest BCUT2D eigenvalue weighted by Gasteiger charge is -2.34. The van der Waals surface area contributed by atoms with Gasteiger partial charge in [-0.15, -0.1) is 11.3 Å². The van der Waals surface area contributed by atoms with Gasteiger partial charge in [0.05, 0.1) is 16.2 Å². The fraction of sp³-hybridized carbons (Fsp3) is 0.294. The Hall–Kier alpha value is -2.09. The molecule has 4 rings (SSSR count). The third-order valence-electron chi connectivity index (χ3n) is 4.68. The van der Waals surface area contributed by atoms with E-state index in [0.29, 0.717) is 20.8 Å². The quantitative estimate of drug-likeness (QED) is 0.743. The second-order valence-corrected chi connectivity index (χ2v) is 7.50. The number of thiazole rings is 1. The Labute approximate surface area is 152 Å². The lowest BCUT2D eigenvalue weighted by molar-refractivity contribution is 0.0697. The number of nitrogens with zero attached hydrogens (tertiary/aromatic N) is 3. The topological polar surface area (TPSA) is 65.3 Å². The Morgan fingerprint density at radius 1 is 1.24 bits per heavy atom. The van der Waals surface area contributed by atoms with Crippen LogP contribution >= 0.6 is 22.9 Å². The van der Waals surface area contributed by atoms with Gasteiger partial charge in [0.15, 0.2) is 0 Å². The van der Waals surface area contributed by atoms with Crippen molar-refractivity contribution in [1.29, 1.82) is 0 Å². The molecule has 1 aliphatic heterocycles. The largest absolute Gasteiger partial charge is 0.477 e. The average Bonchev–Trinajstić information content (AvgIpc) is 3.04. The van der Waals surface area contributed by atoms with Crippen LogP contribution in [0.25, 0.3) is 15.7 Å². The van der Waals surface area contributed by atoms with Crippen molar-refractivity contribution < 1.29 is 9.90 Å². The average molecular weight is 378 g/mol. The smallest absolute Gasteiger partial charge is 0.342 e. The minimum absolute atomic E-state index is 0.186. The van der Waals surface area contributed by atoms with Gasteiger partial charge in [-0.3, -0.25) is 4.79 Å². The zero-order valence-corrected chi connectivity index (χ0v) is 15.1. The SMILES string of the molecule is CN1CCN(c2cc3c(=O)c(C(=O)O)c4sccn4c3cc2Cl)CC1. The van der Waals surface area contributed by atoms with Crippen molar-refractivity contribution in [3.05, 3.63) is 44.5 Å². The molecule has 6 nitrogen and oxygen atoms in total. The highest BCUT2D eigenvalue weighted by molar-refractivity contribution is 7.16. The zero-order valence-electron chi connectivity index (χ0n) is 13.5. The van der Waals surface area contributed by atoms with Gasteiger partial charge in [0.25, 0.3) is 0 Å². The van der Waals surface area contributed by atoms with Crippen LogP contribution in [-0.4, -0.2) is 53.6 Å². The third kappa shape index (κ3) is 2.59. The van der Waals surface area contributed by atoms with Gasteiger partial charge in [0, 0.05) is 43.1 Å². The number of carboxylic acids is 1. The Kier molecular flexibility index (Phi) is 3.94. The summed E-state index contributed by atoms with van der Waals surface area (Å²) in [5.41, 5.74) is 0.770. The van der Waals surface area contributed by atoms with E-state index in [2.05, 4.69) is 16.8 Å². The molecule has 1 aliphatic rings. The molecular formula is C17H16ClN3O3S. The van der Waals surface area contributed by atoms with Crippen molar-refractivity contribution >= 4 is 50.3 Å². The maximum Gasteiger partial charge on any atom is 0.342 e. The van der Waals surface area contributed by atoms with Crippen molar-refractivity contribution in [2.45, 2.75) is 0 Å². The number of carbonyl (C=O) groups is 1. The molecule has 0 aliphatic carbocycles. The molecule has 0 atom stereocenters. The lowest BCUT2D eigenvalue weighted by atomic mass is 10.1. The van der Waals surface area contributed by atoms with E-state index in [0.717, 1.165) is 31.9 Å². The van der Waals surface area contributed by atoms with Gasteiger partial charge in [-0.1, -0.05) is 11.6 Å². The molecule has 1 saturated heterocycles. The van der Waals surface area contributed by atoms with Crippen molar-refractivity contribution in [1.82, 2.24) is 9.30 Å². The molecule has 25 heavy (non-hydrogen) atoms. The maximum absolute atomic E-state index is 12.8. The molecule has 0 spiro atoms. The predicted molar refractivity (Wildman–Crippen MR) is 101 cm³/mol. The van der Waals surface area contributed by atoms with Crippen molar-refractivity contribution in [2.24, 2.45) is 0 Å². The molecule has 0 unspecified atom stereocenters. The number of benzene rings is 1. The van der Waals surface area contributed by atoms with Gasteiger partial charge in [0.2, 0.25) is 5.43 Å². The van der Waals surface area contributed by atoms with Gasteiger partial charge >= 0.3 is 5.97 Å². The molecule has 1 N–H and O–H groups in total. The van der Waals surface area contributed by atoms with Crippen LogP contribution in [0.1, 0.15) is 10.4 Å². The first-order valence-corrected chi connectivity index (χ1v) is 9.15. The van der Waals surface area contributed by atoms with Crippen LogP contribution in [0.5, 0.6) is 0 Å². The van der Waals surface area contributed by atoms with E-state index in [9.17, 15) is 14.7 Å². The highest BCUT2D eigenvalue weighted by Gasteiger charge is 2.22. The summed E-state index contributed by atoms with van der Waals surface area (Å²) >= 11 is 7.74. The Bertz CT molecular complexity index is 1050. The van der Waals surface area contributed by atoms with Gasteiger partial charge in [-0.05, 0) is 19.2 Å². The van der Waals surface area contributed by atoms with Gasteiger partial charge < -0.3 is 19.3 Å². The van der Waals surface area contributed by atoms with Gasteiger partial charge in [0.1, 0.15) is 10.4 Å². The number of anilines is 1. The number of piperazine rings is 1. The van der Waals surface area contributed by atoms with Crippen LogP contribution < -0.4 is 10.3 Å². The molecule has 3 aromatic rings. The second kappa shape index (κ2) is 6.01. The summed E-state index contributed by atoms with van der Waals surface area (Å²) in [7, 11) is 2.07. The van der Waals surface area contributed by atoms with E-state index >= 15 is 0 Å². The van der Waals surface area contributed by atoms with Crippen LogP contribution in [0.2, 0.25) is 5.02 Å². The molecule has 1 fully saturated rings. The molecule has 3 heterocycles. The zero-order chi connectivity index (χ0) is 17.7. The van der Waals surface area contributed by atoms with Crippen LogP contribution in [0, 0.1) is 0 Å². The second-order valence-electron chi connectivity index (χ2n) is 6.20. The Morgan fingerprint density at radius 2 is 1.96 bits per heavy atom. The fourth-order valence-corrected chi connectivity index (χ4v) is 4.45. The van der Waals surface area contributed by atoms with E-state index in [-0.39, 0.29) is 5.56 Å². The van der Waals surface area contributed by atoms with Crippen molar-refractivity contribution in [3.8, 4) is 0 Å². The fourth-order valence-electron chi connectivity index (χ4n) is 3.29. The number of rotatable bonds is 2. The van der Waals surface area contributed by atoms with Crippen molar-refractivity contribution in [2.75, 3.05) is 38.1 Å². The predicted octanol–water partition coefficient (Wildman–Crippen LogP) is 2.62. The van der Waals surface area contributed by atoms with Crippen LogP contribution in [0.4, 0.5) is 5.69 Å². The molecule has 1 aromatic carbocycles. The Morgan fingerprint density at radius 3 is 2.64 bits per heavy atom. The van der Waals surface area contributed by atoms with E-state index in [1.807, 2.05) is 0 Å². The van der Waals surface area contributed by atoms with Gasteiger partial charge in [-0.25, -0.2) is 4.79 Å². The highest BCUT2D eigenvalue weighted by atomic mass is 35.5. The molecule has 130 valence electrons. The van der Waals surface area contributed by atoms with Crippen molar-refractivity contribution in [3.63, 3.8) is 0 Å². The molecule has 2 aromatic heterocycles. The number of halogens is 1. The number of hydrogen-bond acceptors (Lipinski definition) is 5. The minimum Gasteiger partial charge on any atom is -0.477 e. The third-order valence-corrected chi connectivity index (χ3v) is 5.86. The lowest BCUT2D eigenvalue weighted by Crippen LogP contribution is -2.44. The molecule has 0 saturated carbocycles. The maximum atomic E-state index is 12.8. The van der Waals surface area contributed by atoms with Crippen LogP contribution in [-0.2, 0) is 0 Å². The van der Waals surface area contributed by atoms with E-state index in [1.54, 1.807) is 28.1 Å². The number of aromatic nitrogens is 1. The summed E-state index contributed by atoms with van der Waals surface area (Å²) < 4.78 is 1.73. The van der Waals surface area contributed by atoms with E-state index in [1.165, 1.54) is 11.3 Å². The van der Waals surface area contributed by atoms with E-state index in [4.69, 9.17) is 11.6 Å². The molecule has 8 heteroatoms. The molecule has 0 amide bonds. The molecular weight excluding hydrogens is 362 g/mol. The number of likely N-dealkylation sites (N-methyl/N-ethyl adjacent to an activating group) is 1. The number of hydrogen-bond donors (Lipinski definition) is 1. The summed E-state index contributed by atoms with van der Waals surface area (Å²) in [6.45, 7) is 3.46. The first-order chi connectivity index (χ1) is 12.0. The number of pyridine rings is 1. The number of fused-ring (bicyclic) bond motifs is 3. The minimum atomic E-state index is -1.21. The summed E-state index contributed by atoms with van der Waals surface area (Å²) in [6, 6.07) is 3.50. The molecule has 0 radical (unpaired) electrons. The molecule has 0 bridgehead atoms. The van der Waals surface area contributed by atoms with Crippen LogP contribution in [0.15, 0.2) is 28.5 Å². The first-order valence-electron chi connectivity index (χ1n) is 7.89. The van der Waals surface area contributed by atoms with Crippen LogP contribution in [0.3, 0.4) is 0 Å². The highest BCUT2D eigenvalue weighted by Crippen LogP contribution is 2.32. The number of aromatic carboxylic acids is 1. The normalized spacial score (nSPS) is 16.0. The standard InChI is InChI=1S/C17H16ClN3O3S/c1-19-2-4-20(5-3-19)13-8-10-12(9-11(13)18)21-6-7-25-16(21)14(15(10)22)17(23)24/h6-9H,2-5H2,1H3,(H,23,24). The van der Waals surface area contributed by atoms with Gasteiger partial charge in [-0.2, -0.15) is 0 Å². The Balaban J connectivity index is 1.99. The van der Waals surface area contributed by atoms with E-state index < -0.39 is 11.4 Å². The number of carboxylic acid groups (broad SMARTS) is 1.